The number of para-hydroxylation sites is 1. The molecule has 3 heterocycles. The zero-order valence-electron chi connectivity index (χ0n) is 16.3. The number of aromatic amines is 1. The van der Waals surface area contributed by atoms with Gasteiger partial charge in [-0.25, -0.2) is 4.98 Å². The molecule has 146 valence electrons. The van der Waals surface area contributed by atoms with Crippen LogP contribution >= 0.6 is 11.3 Å². The number of fused-ring (bicyclic) bond motifs is 1. The Morgan fingerprint density at radius 3 is 2.89 bits per heavy atom. The molecule has 28 heavy (non-hydrogen) atoms. The molecule has 3 aromatic rings. The van der Waals surface area contributed by atoms with E-state index in [0.29, 0.717) is 24.5 Å². The SMILES string of the molecule is CC(C)(C)c1csc(NC(=O)C2CCC(=O)N2Cc2c[nH]c3ccccc23)n1. The number of benzene rings is 1. The first kappa shape index (κ1) is 18.7. The van der Waals surface area contributed by atoms with Crippen molar-refractivity contribution in [3.8, 4) is 0 Å². The number of amides is 2. The Labute approximate surface area is 168 Å². The number of H-pyrrole nitrogens is 1. The number of nitrogens with one attached hydrogen (secondary N) is 2. The van der Waals surface area contributed by atoms with E-state index in [1.807, 2.05) is 35.8 Å². The predicted molar refractivity (Wildman–Crippen MR) is 111 cm³/mol. The molecule has 7 heteroatoms. The summed E-state index contributed by atoms with van der Waals surface area (Å²) in [5.74, 6) is -0.152. The molecule has 1 saturated heterocycles. The molecular formula is C21H24N4O2S. The number of rotatable bonds is 4. The first-order chi connectivity index (χ1) is 13.3. The lowest BCUT2D eigenvalue weighted by molar-refractivity contribution is -0.133. The topological polar surface area (TPSA) is 78.1 Å². The molecule has 0 saturated carbocycles. The molecule has 1 aliphatic rings. The van der Waals surface area contributed by atoms with E-state index in [2.05, 4.69) is 36.1 Å². The lowest BCUT2D eigenvalue weighted by atomic mass is 9.93. The van der Waals surface area contributed by atoms with E-state index in [1.54, 1.807) is 4.90 Å². The van der Waals surface area contributed by atoms with Gasteiger partial charge in [-0.3, -0.25) is 9.59 Å². The van der Waals surface area contributed by atoms with Crippen LogP contribution in [0.1, 0.15) is 44.9 Å². The van der Waals surface area contributed by atoms with Gasteiger partial charge in [0.25, 0.3) is 0 Å². The van der Waals surface area contributed by atoms with Crippen molar-refractivity contribution in [1.29, 1.82) is 0 Å². The van der Waals surface area contributed by atoms with Gasteiger partial charge in [-0.1, -0.05) is 39.0 Å². The van der Waals surface area contributed by atoms with Gasteiger partial charge in [-0.15, -0.1) is 11.3 Å². The van der Waals surface area contributed by atoms with E-state index in [4.69, 9.17) is 0 Å². The summed E-state index contributed by atoms with van der Waals surface area (Å²) in [6.45, 7) is 6.69. The minimum Gasteiger partial charge on any atom is -0.361 e. The van der Waals surface area contributed by atoms with Crippen LogP contribution in [0.5, 0.6) is 0 Å². The van der Waals surface area contributed by atoms with Gasteiger partial charge >= 0.3 is 0 Å². The Kier molecular flexibility index (Phi) is 4.71. The van der Waals surface area contributed by atoms with Crippen molar-refractivity contribution < 1.29 is 9.59 Å². The standard InChI is InChI=1S/C21H24N4O2S/c1-21(2,3)17-12-28-20(23-17)24-19(27)16-8-9-18(26)25(16)11-13-10-22-15-7-5-4-6-14(13)15/h4-7,10,12,16,22H,8-9,11H2,1-3H3,(H,23,24,27). The summed E-state index contributed by atoms with van der Waals surface area (Å²) in [6.07, 6.45) is 2.84. The van der Waals surface area contributed by atoms with Crippen LogP contribution in [0.2, 0.25) is 0 Å². The molecule has 6 nitrogen and oxygen atoms in total. The van der Waals surface area contributed by atoms with E-state index < -0.39 is 6.04 Å². The third kappa shape index (κ3) is 3.54. The zero-order chi connectivity index (χ0) is 19.9. The molecule has 2 N–H and O–H groups in total. The maximum atomic E-state index is 12.9. The molecule has 0 radical (unpaired) electrons. The van der Waals surface area contributed by atoms with Gasteiger partial charge in [0.05, 0.1) is 5.69 Å². The highest BCUT2D eigenvalue weighted by Crippen LogP contribution is 2.29. The van der Waals surface area contributed by atoms with Crippen molar-refractivity contribution in [2.75, 3.05) is 5.32 Å². The summed E-state index contributed by atoms with van der Waals surface area (Å²) in [4.78, 5) is 34.8. The number of thiazole rings is 1. The molecule has 1 fully saturated rings. The van der Waals surface area contributed by atoms with Crippen LogP contribution < -0.4 is 5.32 Å². The highest BCUT2D eigenvalue weighted by molar-refractivity contribution is 7.14. The van der Waals surface area contributed by atoms with Crippen molar-refractivity contribution in [3.63, 3.8) is 0 Å². The summed E-state index contributed by atoms with van der Waals surface area (Å²) < 4.78 is 0. The van der Waals surface area contributed by atoms with Crippen molar-refractivity contribution in [1.82, 2.24) is 14.9 Å². The fourth-order valence-electron chi connectivity index (χ4n) is 3.51. The smallest absolute Gasteiger partial charge is 0.248 e. The number of aromatic nitrogens is 2. The number of nitrogens with zero attached hydrogens (tertiary/aromatic N) is 2. The highest BCUT2D eigenvalue weighted by Gasteiger charge is 2.36. The number of carbonyl (C=O) groups excluding carboxylic acids is 2. The van der Waals surface area contributed by atoms with Gasteiger partial charge in [-0.2, -0.15) is 0 Å². The number of hydrogen-bond acceptors (Lipinski definition) is 4. The average Bonchev–Trinajstić information content (AvgIpc) is 3.35. The van der Waals surface area contributed by atoms with Crippen LogP contribution in [0.15, 0.2) is 35.8 Å². The van der Waals surface area contributed by atoms with Crippen LogP contribution in [0, 0.1) is 0 Å². The van der Waals surface area contributed by atoms with Gasteiger partial charge < -0.3 is 15.2 Å². The maximum absolute atomic E-state index is 12.9. The monoisotopic (exact) mass is 396 g/mol. The molecule has 2 aromatic heterocycles. The van der Waals surface area contributed by atoms with Gasteiger partial charge in [-0.05, 0) is 18.1 Å². The summed E-state index contributed by atoms with van der Waals surface area (Å²) in [6, 6.07) is 7.51. The Morgan fingerprint density at radius 2 is 2.14 bits per heavy atom. The van der Waals surface area contributed by atoms with Gasteiger partial charge in [0.2, 0.25) is 11.8 Å². The molecule has 1 unspecified atom stereocenters. The fraction of sp³-hybridized carbons (Fsp3) is 0.381. The second kappa shape index (κ2) is 7.05. The maximum Gasteiger partial charge on any atom is 0.248 e. The number of hydrogen-bond donors (Lipinski definition) is 2. The lowest BCUT2D eigenvalue weighted by Crippen LogP contribution is -2.41. The minimum atomic E-state index is -0.469. The number of likely N-dealkylation sites (tertiary alicyclic amines) is 1. The molecule has 1 aromatic carbocycles. The summed E-state index contributed by atoms with van der Waals surface area (Å²) in [5.41, 5.74) is 2.94. The fourth-order valence-corrected chi connectivity index (χ4v) is 4.45. The van der Waals surface area contributed by atoms with Gasteiger partial charge in [0, 0.05) is 40.9 Å². The second-order valence-corrected chi connectivity index (χ2v) is 9.07. The quantitative estimate of drug-likeness (QED) is 0.698. The van der Waals surface area contributed by atoms with Crippen molar-refractivity contribution in [2.45, 2.75) is 51.6 Å². The lowest BCUT2D eigenvalue weighted by Gasteiger charge is -2.23. The third-order valence-corrected chi connectivity index (χ3v) is 5.91. The van der Waals surface area contributed by atoms with Crippen LogP contribution in [0.25, 0.3) is 10.9 Å². The molecular weight excluding hydrogens is 372 g/mol. The first-order valence-corrected chi connectivity index (χ1v) is 10.3. The Bertz CT molecular complexity index is 1030. The van der Waals surface area contributed by atoms with E-state index in [-0.39, 0.29) is 17.2 Å². The summed E-state index contributed by atoms with van der Waals surface area (Å²) in [7, 11) is 0. The third-order valence-electron chi connectivity index (χ3n) is 5.15. The normalized spacial score (nSPS) is 17.5. The molecule has 0 spiro atoms. The van der Waals surface area contributed by atoms with Gasteiger partial charge in [0.15, 0.2) is 5.13 Å². The van der Waals surface area contributed by atoms with Crippen molar-refractivity contribution in [2.24, 2.45) is 0 Å². The summed E-state index contributed by atoms with van der Waals surface area (Å²) in [5, 5.41) is 6.55. The Balaban J connectivity index is 1.51. The van der Waals surface area contributed by atoms with Crippen LogP contribution in [-0.2, 0) is 21.5 Å². The molecule has 4 rings (SSSR count). The molecule has 1 atom stereocenters. The number of anilines is 1. The first-order valence-electron chi connectivity index (χ1n) is 9.44. The predicted octanol–water partition coefficient (Wildman–Crippen LogP) is 4.05. The second-order valence-electron chi connectivity index (χ2n) is 8.21. The molecule has 1 aliphatic heterocycles. The molecule has 0 aliphatic carbocycles. The number of carbonyl (C=O) groups is 2. The van der Waals surface area contributed by atoms with Crippen LogP contribution in [0.4, 0.5) is 5.13 Å². The largest absolute Gasteiger partial charge is 0.361 e. The molecule has 2 amide bonds. The Hall–Kier alpha value is -2.67. The van der Waals surface area contributed by atoms with E-state index >= 15 is 0 Å². The molecule has 0 bridgehead atoms. The van der Waals surface area contributed by atoms with E-state index in [1.165, 1.54) is 11.3 Å². The van der Waals surface area contributed by atoms with Crippen LogP contribution in [0.3, 0.4) is 0 Å². The van der Waals surface area contributed by atoms with Crippen LogP contribution in [-0.4, -0.2) is 32.7 Å². The average molecular weight is 397 g/mol. The van der Waals surface area contributed by atoms with E-state index in [0.717, 1.165) is 22.2 Å². The highest BCUT2D eigenvalue weighted by atomic mass is 32.1. The van der Waals surface area contributed by atoms with E-state index in [9.17, 15) is 9.59 Å². The van der Waals surface area contributed by atoms with Crippen molar-refractivity contribution in [3.05, 3.63) is 47.1 Å². The van der Waals surface area contributed by atoms with Crippen molar-refractivity contribution >= 4 is 39.2 Å². The Morgan fingerprint density at radius 1 is 1.36 bits per heavy atom. The van der Waals surface area contributed by atoms with Gasteiger partial charge in [0.1, 0.15) is 6.04 Å². The minimum absolute atomic E-state index is 0.0138. The zero-order valence-corrected chi connectivity index (χ0v) is 17.1. The summed E-state index contributed by atoms with van der Waals surface area (Å²) >= 11 is 1.42.